The molecule has 0 aliphatic carbocycles. The van der Waals surface area contributed by atoms with Crippen LogP contribution in [0.2, 0.25) is 0 Å². The van der Waals surface area contributed by atoms with E-state index in [0.29, 0.717) is 18.2 Å². The van der Waals surface area contributed by atoms with E-state index in [1.165, 1.54) is 0 Å². The number of aromatic nitrogens is 4. The van der Waals surface area contributed by atoms with E-state index in [0.717, 1.165) is 16.5 Å². The first kappa shape index (κ1) is 13.6. The molecule has 1 atom stereocenters. The molecule has 0 radical (unpaired) electrons. The maximum atomic E-state index is 11.4. The van der Waals surface area contributed by atoms with E-state index in [1.807, 2.05) is 37.4 Å². The van der Waals surface area contributed by atoms with Crippen molar-refractivity contribution in [3.63, 3.8) is 0 Å². The molecular formula is C16H15N5O2. The van der Waals surface area contributed by atoms with Gasteiger partial charge in [-0.05, 0) is 12.1 Å². The number of anilines is 1. The Labute approximate surface area is 131 Å². The number of H-pyrrole nitrogens is 1. The molecule has 1 aliphatic heterocycles. The Hall–Kier alpha value is -3.09. The minimum atomic E-state index is -1.01. The molecule has 1 aromatic carbocycles. The molecule has 1 aliphatic rings. The highest BCUT2D eigenvalue weighted by atomic mass is 16.4. The van der Waals surface area contributed by atoms with Gasteiger partial charge in [0.2, 0.25) is 5.95 Å². The van der Waals surface area contributed by atoms with E-state index in [2.05, 4.69) is 20.4 Å². The van der Waals surface area contributed by atoms with Gasteiger partial charge >= 0.3 is 5.97 Å². The molecule has 2 aromatic heterocycles. The van der Waals surface area contributed by atoms with E-state index in [-0.39, 0.29) is 11.7 Å². The van der Waals surface area contributed by atoms with Crippen LogP contribution in [0.25, 0.3) is 10.9 Å². The van der Waals surface area contributed by atoms with Crippen molar-refractivity contribution in [1.82, 2.24) is 19.7 Å². The number of benzene rings is 1. The van der Waals surface area contributed by atoms with Gasteiger partial charge in [-0.2, -0.15) is 10.1 Å². The molecular weight excluding hydrogens is 294 g/mol. The SMILES string of the molecule is CCc1nc2n(n1)[C@H](c1c[nH]c3ccccc13)C=C(C(=O)O)N2. The molecule has 0 amide bonds. The molecule has 4 rings (SSSR count). The van der Waals surface area contributed by atoms with Gasteiger partial charge in [0.25, 0.3) is 0 Å². The molecule has 0 bridgehead atoms. The van der Waals surface area contributed by atoms with Crippen LogP contribution in [-0.4, -0.2) is 30.8 Å². The van der Waals surface area contributed by atoms with Crippen molar-refractivity contribution in [3.8, 4) is 0 Å². The fraction of sp³-hybridized carbons (Fsp3) is 0.188. The summed E-state index contributed by atoms with van der Waals surface area (Å²) in [5.41, 5.74) is 2.08. The molecule has 0 fully saturated rings. The average Bonchev–Trinajstić information content (AvgIpc) is 3.17. The molecule has 23 heavy (non-hydrogen) atoms. The second-order valence-electron chi connectivity index (χ2n) is 5.39. The summed E-state index contributed by atoms with van der Waals surface area (Å²) in [6.45, 7) is 1.97. The van der Waals surface area contributed by atoms with Crippen molar-refractivity contribution in [1.29, 1.82) is 0 Å². The number of allylic oxidation sites excluding steroid dienone is 1. The molecule has 3 aromatic rings. The fourth-order valence-electron chi connectivity index (χ4n) is 2.87. The van der Waals surface area contributed by atoms with Crippen molar-refractivity contribution >= 4 is 22.8 Å². The molecule has 0 saturated carbocycles. The van der Waals surface area contributed by atoms with Gasteiger partial charge in [-0.1, -0.05) is 25.1 Å². The summed E-state index contributed by atoms with van der Waals surface area (Å²) in [6.07, 6.45) is 4.25. The quantitative estimate of drug-likeness (QED) is 0.690. The number of aromatic amines is 1. The van der Waals surface area contributed by atoms with Gasteiger partial charge in [0, 0.05) is 29.1 Å². The van der Waals surface area contributed by atoms with Crippen LogP contribution in [-0.2, 0) is 11.2 Å². The van der Waals surface area contributed by atoms with E-state index in [1.54, 1.807) is 10.8 Å². The highest BCUT2D eigenvalue weighted by molar-refractivity contribution is 5.91. The second-order valence-corrected chi connectivity index (χ2v) is 5.39. The molecule has 0 unspecified atom stereocenters. The predicted molar refractivity (Wildman–Crippen MR) is 85.2 cm³/mol. The Bertz CT molecular complexity index is 937. The van der Waals surface area contributed by atoms with Crippen LogP contribution in [0, 0.1) is 0 Å². The van der Waals surface area contributed by atoms with Gasteiger partial charge in [0.15, 0.2) is 5.82 Å². The number of hydrogen-bond acceptors (Lipinski definition) is 4. The third-order valence-electron chi connectivity index (χ3n) is 4.00. The Morgan fingerprint density at radius 2 is 2.22 bits per heavy atom. The lowest BCUT2D eigenvalue weighted by atomic mass is 10.0. The van der Waals surface area contributed by atoms with Crippen LogP contribution in [0.4, 0.5) is 5.95 Å². The van der Waals surface area contributed by atoms with Crippen LogP contribution >= 0.6 is 0 Å². The van der Waals surface area contributed by atoms with Crippen LogP contribution in [0.1, 0.15) is 24.4 Å². The fourth-order valence-corrected chi connectivity index (χ4v) is 2.87. The number of aryl methyl sites for hydroxylation is 1. The van der Waals surface area contributed by atoms with Crippen molar-refractivity contribution in [2.24, 2.45) is 0 Å². The molecule has 3 N–H and O–H groups in total. The van der Waals surface area contributed by atoms with Crippen LogP contribution in [0.3, 0.4) is 0 Å². The molecule has 7 heteroatoms. The van der Waals surface area contributed by atoms with Crippen LogP contribution in [0.15, 0.2) is 42.2 Å². The third-order valence-corrected chi connectivity index (χ3v) is 4.00. The monoisotopic (exact) mass is 309 g/mol. The lowest BCUT2D eigenvalue weighted by Gasteiger charge is -2.21. The Balaban J connectivity index is 1.92. The van der Waals surface area contributed by atoms with Crippen molar-refractivity contribution in [2.45, 2.75) is 19.4 Å². The first-order chi connectivity index (χ1) is 11.2. The zero-order chi connectivity index (χ0) is 16.0. The summed E-state index contributed by atoms with van der Waals surface area (Å²) in [5, 5.41) is 17.7. The summed E-state index contributed by atoms with van der Waals surface area (Å²) < 4.78 is 1.74. The average molecular weight is 309 g/mol. The summed E-state index contributed by atoms with van der Waals surface area (Å²) in [5.74, 6) is 0.122. The van der Waals surface area contributed by atoms with Crippen molar-refractivity contribution in [2.75, 3.05) is 5.32 Å². The standard InChI is InChI=1S/C16H15N5O2/c1-2-14-19-16-18-12(15(22)23)7-13(21(16)20-14)10-8-17-11-6-4-3-5-9(10)11/h3-8,13,17H,2H2,1H3,(H,22,23)(H,18,19,20)/t13-/m0/s1. The maximum Gasteiger partial charge on any atom is 0.352 e. The molecule has 0 spiro atoms. The van der Waals surface area contributed by atoms with Crippen molar-refractivity contribution < 1.29 is 9.90 Å². The number of para-hydroxylation sites is 1. The number of carboxylic acid groups (broad SMARTS) is 1. The number of aliphatic carboxylic acids is 1. The number of hydrogen-bond donors (Lipinski definition) is 3. The lowest BCUT2D eigenvalue weighted by molar-refractivity contribution is -0.132. The zero-order valence-electron chi connectivity index (χ0n) is 12.4. The number of carbonyl (C=O) groups is 1. The largest absolute Gasteiger partial charge is 0.477 e. The molecule has 116 valence electrons. The molecule has 3 heterocycles. The smallest absolute Gasteiger partial charge is 0.352 e. The van der Waals surface area contributed by atoms with E-state index >= 15 is 0 Å². The first-order valence-corrected chi connectivity index (χ1v) is 7.41. The number of rotatable bonds is 3. The highest BCUT2D eigenvalue weighted by Gasteiger charge is 2.28. The minimum absolute atomic E-state index is 0.114. The van der Waals surface area contributed by atoms with Crippen LogP contribution in [0.5, 0.6) is 0 Å². The van der Waals surface area contributed by atoms with Gasteiger partial charge in [-0.25, -0.2) is 9.48 Å². The van der Waals surface area contributed by atoms with Gasteiger partial charge in [-0.3, -0.25) is 0 Å². The van der Waals surface area contributed by atoms with Gasteiger partial charge < -0.3 is 15.4 Å². The summed E-state index contributed by atoms with van der Waals surface area (Å²) in [7, 11) is 0. The lowest BCUT2D eigenvalue weighted by Crippen LogP contribution is -2.24. The Morgan fingerprint density at radius 3 is 3.00 bits per heavy atom. The second kappa shape index (κ2) is 4.98. The van der Waals surface area contributed by atoms with Gasteiger partial charge in [-0.15, -0.1) is 0 Å². The summed E-state index contributed by atoms with van der Waals surface area (Å²) in [6, 6.07) is 7.60. The minimum Gasteiger partial charge on any atom is -0.477 e. The number of nitrogens with zero attached hydrogens (tertiary/aromatic N) is 3. The van der Waals surface area contributed by atoms with E-state index in [9.17, 15) is 9.90 Å². The molecule has 7 nitrogen and oxygen atoms in total. The topological polar surface area (TPSA) is 95.8 Å². The normalized spacial score (nSPS) is 16.7. The molecule has 0 saturated heterocycles. The Kier molecular flexibility index (Phi) is 2.94. The van der Waals surface area contributed by atoms with Crippen LogP contribution < -0.4 is 5.32 Å². The number of nitrogens with one attached hydrogen (secondary N) is 2. The predicted octanol–water partition coefficient (Wildman–Crippen LogP) is 2.31. The zero-order valence-corrected chi connectivity index (χ0v) is 12.4. The van der Waals surface area contributed by atoms with Gasteiger partial charge in [0.05, 0.1) is 0 Å². The maximum absolute atomic E-state index is 11.4. The summed E-state index contributed by atoms with van der Waals surface area (Å²) >= 11 is 0. The van der Waals surface area contributed by atoms with E-state index < -0.39 is 5.97 Å². The summed E-state index contributed by atoms with van der Waals surface area (Å²) in [4.78, 5) is 19.0. The van der Waals surface area contributed by atoms with Crippen molar-refractivity contribution in [3.05, 3.63) is 53.6 Å². The van der Waals surface area contributed by atoms with E-state index in [4.69, 9.17) is 0 Å². The third kappa shape index (κ3) is 2.09. The highest BCUT2D eigenvalue weighted by Crippen LogP contribution is 2.33. The van der Waals surface area contributed by atoms with Gasteiger partial charge in [0.1, 0.15) is 11.7 Å². The first-order valence-electron chi connectivity index (χ1n) is 7.41. The number of fused-ring (bicyclic) bond motifs is 2. The Morgan fingerprint density at radius 1 is 1.39 bits per heavy atom. The number of carboxylic acids is 1.